The number of hydrogen-bond donors (Lipinski definition) is 3. The summed E-state index contributed by atoms with van der Waals surface area (Å²) in [6, 6.07) is 0.135. The minimum atomic E-state index is -0.638. The minimum Gasteiger partial charge on any atom is -0.389 e. The van der Waals surface area contributed by atoms with Crippen molar-refractivity contribution in [3.8, 4) is 0 Å². The van der Waals surface area contributed by atoms with Gasteiger partial charge in [0.25, 0.3) is 0 Å². The summed E-state index contributed by atoms with van der Waals surface area (Å²) < 4.78 is 4.81. The molecule has 0 aromatic heterocycles. The highest BCUT2D eigenvalue weighted by Crippen LogP contribution is 2.43. The molecule has 0 aromatic rings. The molecule has 19 heavy (non-hydrogen) atoms. The maximum atomic E-state index is 11.7. The summed E-state index contributed by atoms with van der Waals surface area (Å²) in [6.45, 7) is 0.478. The number of hydrogen-bond acceptors (Lipinski definition) is 3. The van der Waals surface area contributed by atoms with Crippen LogP contribution < -0.4 is 10.6 Å². The van der Waals surface area contributed by atoms with Crippen LogP contribution in [0.1, 0.15) is 38.5 Å². The first kappa shape index (κ1) is 14.6. The average Bonchev–Trinajstić information content (AvgIpc) is 3.21. The molecule has 3 unspecified atom stereocenters. The topological polar surface area (TPSA) is 70.6 Å². The van der Waals surface area contributed by atoms with Crippen LogP contribution in [0.25, 0.3) is 0 Å². The van der Waals surface area contributed by atoms with E-state index in [1.807, 2.05) is 0 Å². The monoisotopic (exact) mass is 270 g/mol. The number of nitrogens with one attached hydrogen (secondary N) is 2. The Morgan fingerprint density at radius 2 is 2.11 bits per heavy atom. The lowest BCUT2D eigenvalue weighted by Gasteiger charge is -2.30. The molecule has 0 radical (unpaired) electrons. The zero-order valence-corrected chi connectivity index (χ0v) is 11.7. The molecule has 2 aliphatic carbocycles. The predicted octanol–water partition coefficient (Wildman–Crippen LogP) is 1.26. The van der Waals surface area contributed by atoms with E-state index in [-0.39, 0.29) is 19.2 Å². The third kappa shape index (κ3) is 4.99. The van der Waals surface area contributed by atoms with Gasteiger partial charge in [0.05, 0.1) is 12.7 Å². The van der Waals surface area contributed by atoms with Gasteiger partial charge in [-0.15, -0.1) is 0 Å². The standard InChI is InChI=1S/C14H26N2O3/c1-19-9-13(17)8-15-14(18)16-12-4-2-3-11(7-12)10-5-6-10/h10-13,17H,2-9H2,1H3,(H2,15,16,18). The molecule has 0 aromatic carbocycles. The zero-order chi connectivity index (χ0) is 13.7. The highest BCUT2D eigenvalue weighted by Gasteiger charge is 2.34. The highest BCUT2D eigenvalue weighted by atomic mass is 16.5. The van der Waals surface area contributed by atoms with Crippen LogP contribution in [-0.2, 0) is 4.74 Å². The molecule has 2 rings (SSSR count). The number of rotatable bonds is 6. The van der Waals surface area contributed by atoms with Crippen molar-refractivity contribution in [3.63, 3.8) is 0 Å². The first-order valence-electron chi connectivity index (χ1n) is 7.40. The number of aliphatic hydroxyl groups is 1. The van der Waals surface area contributed by atoms with Crippen LogP contribution in [-0.4, -0.2) is 43.5 Å². The molecule has 0 heterocycles. The van der Waals surface area contributed by atoms with Crippen molar-refractivity contribution < 1.29 is 14.6 Å². The van der Waals surface area contributed by atoms with Crippen LogP contribution in [0.5, 0.6) is 0 Å². The Kier molecular flexibility index (Phi) is 5.45. The largest absolute Gasteiger partial charge is 0.389 e. The molecule has 3 N–H and O–H groups in total. The van der Waals surface area contributed by atoms with Gasteiger partial charge in [0.2, 0.25) is 0 Å². The van der Waals surface area contributed by atoms with E-state index in [4.69, 9.17) is 4.74 Å². The van der Waals surface area contributed by atoms with Crippen molar-refractivity contribution in [2.45, 2.75) is 50.7 Å². The first-order valence-corrected chi connectivity index (χ1v) is 7.40. The molecule has 0 aliphatic heterocycles. The third-order valence-electron chi connectivity index (χ3n) is 4.20. The summed E-state index contributed by atoms with van der Waals surface area (Å²) >= 11 is 0. The molecule has 110 valence electrons. The van der Waals surface area contributed by atoms with Crippen molar-refractivity contribution in [1.29, 1.82) is 0 Å². The molecular formula is C14H26N2O3. The number of carbonyl (C=O) groups excluding carboxylic acids is 1. The van der Waals surface area contributed by atoms with E-state index in [2.05, 4.69) is 10.6 Å². The number of aliphatic hydroxyl groups excluding tert-OH is 1. The number of ether oxygens (including phenoxy) is 1. The summed E-state index contributed by atoms with van der Waals surface area (Å²) in [4.78, 5) is 11.7. The molecular weight excluding hydrogens is 244 g/mol. The molecule has 5 heteroatoms. The van der Waals surface area contributed by atoms with E-state index >= 15 is 0 Å². The number of carbonyl (C=O) groups is 1. The fraction of sp³-hybridized carbons (Fsp3) is 0.929. The molecule has 0 saturated heterocycles. The van der Waals surface area contributed by atoms with Gasteiger partial charge in [0.15, 0.2) is 0 Å². The molecule has 2 amide bonds. The van der Waals surface area contributed by atoms with E-state index in [9.17, 15) is 9.90 Å². The van der Waals surface area contributed by atoms with E-state index in [1.165, 1.54) is 32.8 Å². The Morgan fingerprint density at radius 3 is 2.79 bits per heavy atom. The molecule has 2 saturated carbocycles. The van der Waals surface area contributed by atoms with Gasteiger partial charge in [-0.1, -0.05) is 12.8 Å². The summed E-state index contributed by atoms with van der Waals surface area (Å²) in [6.07, 6.45) is 6.88. The highest BCUT2D eigenvalue weighted by molar-refractivity contribution is 5.74. The van der Waals surface area contributed by atoms with Gasteiger partial charge in [0.1, 0.15) is 0 Å². The zero-order valence-electron chi connectivity index (χ0n) is 11.7. The van der Waals surface area contributed by atoms with Gasteiger partial charge in [-0.25, -0.2) is 4.79 Å². The quantitative estimate of drug-likeness (QED) is 0.680. The maximum absolute atomic E-state index is 11.7. The Labute approximate surface area is 115 Å². The maximum Gasteiger partial charge on any atom is 0.315 e. The third-order valence-corrected chi connectivity index (χ3v) is 4.20. The van der Waals surface area contributed by atoms with Crippen molar-refractivity contribution in [1.82, 2.24) is 10.6 Å². The second-order valence-electron chi connectivity index (χ2n) is 5.92. The van der Waals surface area contributed by atoms with Gasteiger partial charge in [-0.05, 0) is 37.5 Å². The van der Waals surface area contributed by atoms with Crippen LogP contribution in [0.4, 0.5) is 4.79 Å². The van der Waals surface area contributed by atoms with Crippen LogP contribution in [0.3, 0.4) is 0 Å². The lowest BCUT2D eigenvalue weighted by atomic mass is 9.83. The van der Waals surface area contributed by atoms with Crippen LogP contribution in [0.2, 0.25) is 0 Å². The summed E-state index contributed by atoms with van der Waals surface area (Å²) in [5.74, 6) is 1.74. The van der Waals surface area contributed by atoms with E-state index < -0.39 is 6.10 Å². The Hall–Kier alpha value is -0.810. The minimum absolute atomic E-state index is 0.170. The molecule has 2 aliphatic rings. The van der Waals surface area contributed by atoms with Gasteiger partial charge >= 0.3 is 6.03 Å². The number of amides is 2. The Balaban J connectivity index is 1.63. The predicted molar refractivity (Wildman–Crippen MR) is 72.9 cm³/mol. The first-order chi connectivity index (χ1) is 9.19. The summed E-state index contributed by atoms with van der Waals surface area (Å²) in [7, 11) is 1.53. The van der Waals surface area contributed by atoms with Crippen molar-refractivity contribution >= 4 is 6.03 Å². The normalized spacial score (nSPS) is 28.7. The summed E-state index contributed by atoms with van der Waals surface area (Å²) in [5, 5.41) is 15.2. The van der Waals surface area contributed by atoms with Gasteiger partial charge < -0.3 is 20.5 Å². The fourth-order valence-corrected chi connectivity index (χ4v) is 3.05. The number of urea groups is 1. The lowest BCUT2D eigenvalue weighted by molar-refractivity contribution is 0.0658. The smallest absolute Gasteiger partial charge is 0.315 e. The fourth-order valence-electron chi connectivity index (χ4n) is 3.05. The van der Waals surface area contributed by atoms with Gasteiger partial charge in [-0.2, -0.15) is 0 Å². The average molecular weight is 270 g/mol. The van der Waals surface area contributed by atoms with Crippen molar-refractivity contribution in [3.05, 3.63) is 0 Å². The van der Waals surface area contributed by atoms with Crippen molar-refractivity contribution in [2.24, 2.45) is 11.8 Å². The van der Waals surface area contributed by atoms with Crippen LogP contribution in [0.15, 0.2) is 0 Å². The second-order valence-corrected chi connectivity index (χ2v) is 5.92. The number of methoxy groups -OCH3 is 1. The lowest BCUT2D eigenvalue weighted by Crippen LogP contribution is -2.46. The molecule has 3 atom stereocenters. The Bertz CT molecular complexity index is 294. The molecule has 0 bridgehead atoms. The molecule has 0 spiro atoms. The van der Waals surface area contributed by atoms with E-state index in [1.54, 1.807) is 0 Å². The second kappa shape index (κ2) is 7.10. The van der Waals surface area contributed by atoms with Crippen LogP contribution >= 0.6 is 0 Å². The van der Waals surface area contributed by atoms with Gasteiger partial charge in [0, 0.05) is 19.7 Å². The van der Waals surface area contributed by atoms with Crippen LogP contribution in [0, 0.1) is 11.8 Å². The van der Waals surface area contributed by atoms with E-state index in [0.29, 0.717) is 6.04 Å². The van der Waals surface area contributed by atoms with Crippen molar-refractivity contribution in [2.75, 3.05) is 20.3 Å². The van der Waals surface area contributed by atoms with Gasteiger partial charge in [-0.3, -0.25) is 0 Å². The molecule has 5 nitrogen and oxygen atoms in total. The SMILES string of the molecule is COCC(O)CNC(=O)NC1CCCC(C2CC2)C1. The van der Waals surface area contributed by atoms with E-state index in [0.717, 1.165) is 24.7 Å². The Morgan fingerprint density at radius 1 is 1.32 bits per heavy atom. The molecule has 2 fully saturated rings. The summed E-state index contributed by atoms with van der Waals surface area (Å²) in [5.41, 5.74) is 0.